The smallest absolute Gasteiger partial charge is 0.00817 e. The fourth-order valence-electron chi connectivity index (χ4n) is 3.47. The average Bonchev–Trinajstić information content (AvgIpc) is 2.79. The zero-order valence-electron chi connectivity index (χ0n) is 12.8. The normalized spacial score (nSPS) is 27.3. The molecule has 0 saturated carbocycles. The Labute approximate surface area is 119 Å². The van der Waals surface area contributed by atoms with E-state index in [4.69, 9.17) is 0 Å². The second-order valence-corrected chi connectivity index (χ2v) is 6.49. The lowest BCUT2D eigenvalue weighted by Crippen LogP contribution is -2.37. The zero-order chi connectivity index (χ0) is 13.3. The van der Waals surface area contributed by atoms with Crippen LogP contribution in [0.5, 0.6) is 0 Å². The van der Waals surface area contributed by atoms with Crippen molar-refractivity contribution in [2.45, 2.75) is 70.4 Å². The Hall–Kier alpha value is -0.120. The summed E-state index contributed by atoms with van der Waals surface area (Å²) in [5, 5.41) is 7.41. The summed E-state index contributed by atoms with van der Waals surface area (Å²) < 4.78 is 0. The van der Waals surface area contributed by atoms with Crippen molar-refractivity contribution in [1.82, 2.24) is 15.5 Å². The number of nitrogens with zero attached hydrogens (tertiary/aromatic N) is 1. The lowest BCUT2D eigenvalue weighted by molar-refractivity contribution is 0.324. The van der Waals surface area contributed by atoms with Gasteiger partial charge in [0.15, 0.2) is 0 Å². The fourth-order valence-corrected chi connectivity index (χ4v) is 3.47. The van der Waals surface area contributed by atoms with Gasteiger partial charge in [0.25, 0.3) is 0 Å². The molecule has 2 fully saturated rings. The van der Waals surface area contributed by atoms with E-state index in [9.17, 15) is 0 Å². The third kappa shape index (κ3) is 6.24. The Balaban J connectivity index is 1.49. The Morgan fingerprint density at radius 1 is 1.16 bits per heavy atom. The fraction of sp³-hybridized carbons (Fsp3) is 1.00. The van der Waals surface area contributed by atoms with Crippen molar-refractivity contribution in [2.24, 2.45) is 0 Å². The van der Waals surface area contributed by atoms with Crippen LogP contribution in [0.2, 0.25) is 0 Å². The van der Waals surface area contributed by atoms with E-state index in [1.54, 1.807) is 0 Å². The molecule has 2 heterocycles. The molecule has 0 aromatic carbocycles. The molecule has 112 valence electrons. The van der Waals surface area contributed by atoms with Crippen LogP contribution in [0.3, 0.4) is 0 Å². The van der Waals surface area contributed by atoms with Gasteiger partial charge in [-0.25, -0.2) is 0 Å². The van der Waals surface area contributed by atoms with Gasteiger partial charge >= 0.3 is 0 Å². The monoisotopic (exact) mass is 267 g/mol. The number of rotatable bonds is 7. The molecule has 2 saturated heterocycles. The standard InChI is InChI=1S/C16H33N3/c1-15(14-16-8-3-2-4-9-18-16)17-10-7-13-19-11-5-6-12-19/h15-18H,2-14H2,1H3. The molecule has 0 bridgehead atoms. The first-order valence-corrected chi connectivity index (χ1v) is 8.54. The van der Waals surface area contributed by atoms with Crippen LogP contribution in [0, 0.1) is 0 Å². The van der Waals surface area contributed by atoms with Crippen LogP contribution < -0.4 is 10.6 Å². The second-order valence-electron chi connectivity index (χ2n) is 6.49. The Bertz CT molecular complexity index is 218. The number of nitrogens with one attached hydrogen (secondary N) is 2. The highest BCUT2D eigenvalue weighted by Gasteiger charge is 2.15. The van der Waals surface area contributed by atoms with E-state index in [1.165, 1.54) is 84.1 Å². The molecule has 0 aromatic rings. The van der Waals surface area contributed by atoms with Gasteiger partial charge in [0.2, 0.25) is 0 Å². The van der Waals surface area contributed by atoms with E-state index in [-0.39, 0.29) is 0 Å². The molecule has 0 spiro atoms. The van der Waals surface area contributed by atoms with Crippen LogP contribution in [0.25, 0.3) is 0 Å². The Morgan fingerprint density at radius 2 is 2.00 bits per heavy atom. The van der Waals surface area contributed by atoms with E-state index < -0.39 is 0 Å². The molecule has 2 aliphatic rings. The molecule has 2 aliphatic heterocycles. The lowest BCUT2D eigenvalue weighted by Gasteiger charge is -2.22. The number of hydrogen-bond acceptors (Lipinski definition) is 3. The van der Waals surface area contributed by atoms with Crippen molar-refractivity contribution >= 4 is 0 Å². The maximum absolute atomic E-state index is 3.71. The zero-order valence-corrected chi connectivity index (χ0v) is 12.8. The minimum Gasteiger partial charge on any atom is -0.314 e. The van der Waals surface area contributed by atoms with Crippen LogP contribution in [0.1, 0.15) is 58.3 Å². The molecular weight excluding hydrogens is 234 g/mol. The topological polar surface area (TPSA) is 27.3 Å². The van der Waals surface area contributed by atoms with Gasteiger partial charge in [-0.2, -0.15) is 0 Å². The third-order valence-electron chi connectivity index (χ3n) is 4.64. The van der Waals surface area contributed by atoms with E-state index in [2.05, 4.69) is 22.5 Å². The van der Waals surface area contributed by atoms with E-state index >= 15 is 0 Å². The lowest BCUT2D eigenvalue weighted by atomic mass is 10.0. The van der Waals surface area contributed by atoms with E-state index in [0.717, 1.165) is 6.04 Å². The predicted molar refractivity (Wildman–Crippen MR) is 82.6 cm³/mol. The van der Waals surface area contributed by atoms with Gasteiger partial charge in [0, 0.05) is 12.1 Å². The summed E-state index contributed by atoms with van der Waals surface area (Å²) in [6.45, 7) is 8.73. The van der Waals surface area contributed by atoms with Crippen LogP contribution in [-0.4, -0.2) is 49.7 Å². The molecule has 3 heteroatoms. The van der Waals surface area contributed by atoms with Gasteiger partial charge in [-0.15, -0.1) is 0 Å². The number of hydrogen-bond donors (Lipinski definition) is 2. The van der Waals surface area contributed by atoms with Crippen LogP contribution in [0.4, 0.5) is 0 Å². The maximum Gasteiger partial charge on any atom is 0.00817 e. The summed E-state index contributed by atoms with van der Waals surface area (Å²) in [7, 11) is 0. The van der Waals surface area contributed by atoms with Crippen molar-refractivity contribution < 1.29 is 0 Å². The molecule has 2 atom stereocenters. The van der Waals surface area contributed by atoms with Crippen molar-refractivity contribution in [3.05, 3.63) is 0 Å². The summed E-state index contributed by atoms with van der Waals surface area (Å²) in [6, 6.07) is 1.41. The minimum atomic E-state index is 0.661. The average molecular weight is 267 g/mol. The van der Waals surface area contributed by atoms with Gasteiger partial charge in [0.05, 0.1) is 0 Å². The van der Waals surface area contributed by atoms with Crippen molar-refractivity contribution in [1.29, 1.82) is 0 Å². The Morgan fingerprint density at radius 3 is 2.84 bits per heavy atom. The molecule has 0 aromatic heterocycles. The van der Waals surface area contributed by atoms with Gasteiger partial charge in [-0.1, -0.05) is 12.8 Å². The molecule has 2 N–H and O–H groups in total. The van der Waals surface area contributed by atoms with E-state index in [0.29, 0.717) is 6.04 Å². The highest BCUT2D eigenvalue weighted by molar-refractivity contribution is 4.76. The highest BCUT2D eigenvalue weighted by atomic mass is 15.1. The molecule has 0 radical (unpaired) electrons. The summed E-state index contributed by atoms with van der Waals surface area (Å²) in [4.78, 5) is 2.61. The molecule has 3 nitrogen and oxygen atoms in total. The summed E-state index contributed by atoms with van der Waals surface area (Å²) in [6.07, 6.45) is 11.0. The highest BCUT2D eigenvalue weighted by Crippen LogP contribution is 2.12. The summed E-state index contributed by atoms with van der Waals surface area (Å²) >= 11 is 0. The van der Waals surface area contributed by atoms with Gasteiger partial charge in [0.1, 0.15) is 0 Å². The second kappa shape index (κ2) is 8.93. The van der Waals surface area contributed by atoms with Crippen molar-refractivity contribution in [2.75, 3.05) is 32.7 Å². The van der Waals surface area contributed by atoms with Crippen LogP contribution in [0.15, 0.2) is 0 Å². The third-order valence-corrected chi connectivity index (χ3v) is 4.64. The largest absolute Gasteiger partial charge is 0.314 e. The van der Waals surface area contributed by atoms with E-state index in [1.807, 2.05) is 0 Å². The molecule has 2 unspecified atom stereocenters. The first-order chi connectivity index (χ1) is 9.34. The van der Waals surface area contributed by atoms with Gasteiger partial charge in [-0.3, -0.25) is 0 Å². The Kier molecular flexibility index (Phi) is 7.18. The minimum absolute atomic E-state index is 0.661. The number of likely N-dealkylation sites (tertiary alicyclic amines) is 1. The predicted octanol–water partition coefficient (Wildman–Crippen LogP) is 2.37. The van der Waals surface area contributed by atoms with Crippen molar-refractivity contribution in [3.63, 3.8) is 0 Å². The quantitative estimate of drug-likeness (QED) is 0.694. The molecular formula is C16H33N3. The van der Waals surface area contributed by atoms with Crippen LogP contribution >= 0.6 is 0 Å². The first-order valence-electron chi connectivity index (χ1n) is 8.54. The molecule has 2 rings (SSSR count). The molecule has 0 amide bonds. The van der Waals surface area contributed by atoms with Crippen LogP contribution in [-0.2, 0) is 0 Å². The van der Waals surface area contributed by atoms with Gasteiger partial charge < -0.3 is 15.5 Å². The molecule has 19 heavy (non-hydrogen) atoms. The van der Waals surface area contributed by atoms with Crippen molar-refractivity contribution in [3.8, 4) is 0 Å². The summed E-state index contributed by atoms with van der Waals surface area (Å²) in [5.41, 5.74) is 0. The molecule has 0 aliphatic carbocycles. The first kappa shape index (κ1) is 15.3. The summed E-state index contributed by atoms with van der Waals surface area (Å²) in [5.74, 6) is 0. The van der Waals surface area contributed by atoms with Gasteiger partial charge in [-0.05, 0) is 78.2 Å². The maximum atomic E-state index is 3.71. The SMILES string of the molecule is CC(CC1CCCCCN1)NCCCN1CCCC1.